The number of hydrogen-bond acceptors (Lipinski definition) is 4. The maximum Gasteiger partial charge on any atom is 0.343 e. The molecule has 4 nitrogen and oxygen atoms in total. The molecule has 0 aromatic heterocycles. The molecule has 0 radical (unpaired) electrons. The molecule has 0 bridgehead atoms. The van der Waals surface area contributed by atoms with Gasteiger partial charge in [0.15, 0.2) is 0 Å². The Kier molecular flexibility index (Phi) is 6.48. The van der Waals surface area contributed by atoms with Crippen LogP contribution < -0.4 is 4.74 Å². The van der Waals surface area contributed by atoms with Crippen molar-refractivity contribution < 1.29 is 19.1 Å². The topological polar surface area (TPSA) is 52.6 Å². The maximum absolute atomic E-state index is 12.6. The van der Waals surface area contributed by atoms with Crippen LogP contribution in [0.1, 0.15) is 32.6 Å². The van der Waals surface area contributed by atoms with Crippen LogP contribution in [0.15, 0.2) is 73.3 Å². The summed E-state index contributed by atoms with van der Waals surface area (Å²) in [7, 11) is 0. The van der Waals surface area contributed by atoms with Crippen LogP contribution in [-0.2, 0) is 16.1 Å². The molecule has 0 aliphatic rings. The summed E-state index contributed by atoms with van der Waals surface area (Å²) >= 11 is 0. The molecule has 0 N–H and O–H groups in total. The minimum atomic E-state index is -0.488. The summed E-state index contributed by atoms with van der Waals surface area (Å²) in [5.74, 6) is -0.383. The fraction of sp³-hybridized carbons (Fsp3) is 0.154. The number of rotatable bonds is 6. The zero-order chi connectivity index (χ0) is 21.7. The first-order valence-electron chi connectivity index (χ1n) is 9.66. The van der Waals surface area contributed by atoms with E-state index >= 15 is 0 Å². The molecular formula is C26H24O4. The molecule has 0 fully saturated rings. The number of benzene rings is 3. The summed E-state index contributed by atoms with van der Waals surface area (Å²) in [5.41, 5.74) is 6.66. The first kappa shape index (κ1) is 21.1. The lowest BCUT2D eigenvalue weighted by Gasteiger charge is -2.14. The predicted molar refractivity (Wildman–Crippen MR) is 117 cm³/mol. The zero-order valence-electron chi connectivity index (χ0n) is 17.4. The smallest absolute Gasteiger partial charge is 0.343 e. The van der Waals surface area contributed by atoms with E-state index in [1.807, 2.05) is 26.0 Å². The van der Waals surface area contributed by atoms with E-state index in [0.29, 0.717) is 11.3 Å². The molecule has 0 aliphatic heterocycles. The van der Waals surface area contributed by atoms with Gasteiger partial charge < -0.3 is 9.47 Å². The second kappa shape index (κ2) is 9.23. The van der Waals surface area contributed by atoms with Gasteiger partial charge in [-0.2, -0.15) is 0 Å². The highest BCUT2D eigenvalue weighted by Crippen LogP contribution is 2.31. The highest BCUT2D eigenvalue weighted by atomic mass is 16.5. The largest absolute Gasteiger partial charge is 0.458 e. The molecule has 3 rings (SSSR count). The monoisotopic (exact) mass is 400 g/mol. The summed E-state index contributed by atoms with van der Waals surface area (Å²) in [4.78, 5) is 23.7. The lowest BCUT2D eigenvalue weighted by Crippen LogP contribution is -2.10. The van der Waals surface area contributed by atoms with E-state index in [0.717, 1.165) is 33.9 Å². The summed E-state index contributed by atoms with van der Waals surface area (Å²) in [6.45, 7) is 9.52. The molecule has 0 amide bonds. The van der Waals surface area contributed by atoms with E-state index < -0.39 is 11.9 Å². The van der Waals surface area contributed by atoms with Gasteiger partial charge in [-0.1, -0.05) is 54.6 Å². The molecule has 0 aliphatic carbocycles. The Morgan fingerprint density at radius 1 is 0.867 bits per heavy atom. The Hall–Kier alpha value is -3.66. The molecule has 3 aromatic carbocycles. The maximum atomic E-state index is 12.6. The van der Waals surface area contributed by atoms with Crippen LogP contribution in [0.2, 0.25) is 0 Å². The molecule has 0 saturated carbocycles. The lowest BCUT2D eigenvalue weighted by molar-refractivity contribution is -0.138. The van der Waals surface area contributed by atoms with Crippen molar-refractivity contribution in [3.05, 3.63) is 101 Å². The normalized spacial score (nSPS) is 10.4. The van der Waals surface area contributed by atoms with Crippen molar-refractivity contribution >= 4 is 11.9 Å². The second-order valence-corrected chi connectivity index (χ2v) is 7.13. The van der Waals surface area contributed by atoms with Crippen molar-refractivity contribution in [1.29, 1.82) is 0 Å². The van der Waals surface area contributed by atoms with Crippen LogP contribution >= 0.6 is 0 Å². The fourth-order valence-electron chi connectivity index (χ4n) is 3.06. The third-order valence-electron chi connectivity index (χ3n) is 5.04. The highest BCUT2D eigenvalue weighted by molar-refractivity contribution is 5.91. The predicted octanol–water partition coefficient (Wildman–Crippen LogP) is 5.73. The highest BCUT2D eigenvalue weighted by Gasteiger charge is 2.14. The Morgan fingerprint density at radius 3 is 2.17 bits per heavy atom. The van der Waals surface area contributed by atoms with Gasteiger partial charge in [0.2, 0.25) is 0 Å². The first-order valence-corrected chi connectivity index (χ1v) is 9.66. The molecule has 3 aromatic rings. The van der Waals surface area contributed by atoms with Gasteiger partial charge in [0, 0.05) is 6.08 Å². The molecular weight excluding hydrogens is 376 g/mol. The van der Waals surface area contributed by atoms with Gasteiger partial charge in [-0.15, -0.1) is 0 Å². The number of hydrogen-bond donors (Lipinski definition) is 0. The Morgan fingerprint density at radius 2 is 1.53 bits per heavy atom. The number of ether oxygens (including phenoxy) is 2. The van der Waals surface area contributed by atoms with Crippen molar-refractivity contribution in [2.24, 2.45) is 0 Å². The van der Waals surface area contributed by atoms with Gasteiger partial charge in [-0.25, -0.2) is 9.59 Å². The van der Waals surface area contributed by atoms with Crippen molar-refractivity contribution in [2.45, 2.75) is 27.4 Å². The summed E-state index contributed by atoms with van der Waals surface area (Å²) in [5, 5.41) is 0. The van der Waals surface area contributed by atoms with Crippen molar-refractivity contribution in [3.63, 3.8) is 0 Å². The zero-order valence-corrected chi connectivity index (χ0v) is 17.4. The van der Waals surface area contributed by atoms with Crippen molar-refractivity contribution in [3.8, 4) is 16.9 Å². The Bertz CT molecular complexity index is 1080. The Labute approximate surface area is 176 Å². The van der Waals surface area contributed by atoms with Crippen LogP contribution in [0.4, 0.5) is 0 Å². The average Bonchev–Trinajstić information content (AvgIpc) is 2.76. The van der Waals surface area contributed by atoms with Gasteiger partial charge in [-0.3, -0.25) is 0 Å². The summed E-state index contributed by atoms with van der Waals surface area (Å²) in [6, 6.07) is 18.9. The van der Waals surface area contributed by atoms with E-state index in [1.54, 1.807) is 24.3 Å². The summed E-state index contributed by atoms with van der Waals surface area (Å²) < 4.78 is 10.6. The minimum absolute atomic E-state index is 0.124. The van der Waals surface area contributed by atoms with E-state index in [2.05, 4.69) is 37.8 Å². The molecule has 0 saturated heterocycles. The quantitative estimate of drug-likeness (QED) is 0.301. The van der Waals surface area contributed by atoms with Crippen LogP contribution in [0.25, 0.3) is 11.1 Å². The van der Waals surface area contributed by atoms with Gasteiger partial charge >= 0.3 is 11.9 Å². The van der Waals surface area contributed by atoms with Gasteiger partial charge in [0.1, 0.15) is 12.4 Å². The standard InChI is InChI=1S/C26H24O4/c1-5-25(27)29-16-20-8-12-22(13-9-20)26(28)30-24-15-14-23(18(3)19(24)4)21-10-6-17(2)7-11-21/h5-15H,1,16H2,2-4H3. The molecule has 0 heterocycles. The number of carbonyl (C=O) groups is 2. The minimum Gasteiger partial charge on any atom is -0.458 e. The molecule has 30 heavy (non-hydrogen) atoms. The van der Waals surface area contributed by atoms with Gasteiger partial charge in [0.25, 0.3) is 0 Å². The van der Waals surface area contributed by atoms with E-state index in [-0.39, 0.29) is 6.61 Å². The molecule has 152 valence electrons. The van der Waals surface area contributed by atoms with Crippen LogP contribution in [0.5, 0.6) is 5.75 Å². The third kappa shape index (κ3) is 4.84. The molecule has 0 atom stereocenters. The van der Waals surface area contributed by atoms with Gasteiger partial charge in [0.05, 0.1) is 5.56 Å². The van der Waals surface area contributed by atoms with E-state index in [1.165, 1.54) is 5.56 Å². The lowest BCUT2D eigenvalue weighted by atomic mass is 9.96. The molecule has 4 heteroatoms. The van der Waals surface area contributed by atoms with E-state index in [4.69, 9.17) is 9.47 Å². The van der Waals surface area contributed by atoms with Crippen molar-refractivity contribution in [1.82, 2.24) is 0 Å². The second-order valence-electron chi connectivity index (χ2n) is 7.13. The molecule has 0 spiro atoms. The summed E-state index contributed by atoms with van der Waals surface area (Å²) in [6.07, 6.45) is 1.11. The van der Waals surface area contributed by atoms with Crippen molar-refractivity contribution in [2.75, 3.05) is 0 Å². The van der Waals surface area contributed by atoms with Crippen LogP contribution in [-0.4, -0.2) is 11.9 Å². The van der Waals surface area contributed by atoms with Gasteiger partial charge in [-0.05, 0) is 66.8 Å². The third-order valence-corrected chi connectivity index (χ3v) is 5.04. The van der Waals surface area contributed by atoms with Crippen LogP contribution in [0.3, 0.4) is 0 Å². The van der Waals surface area contributed by atoms with E-state index in [9.17, 15) is 9.59 Å². The number of carbonyl (C=O) groups excluding carboxylic acids is 2. The average molecular weight is 400 g/mol. The van der Waals surface area contributed by atoms with Crippen LogP contribution in [0, 0.1) is 20.8 Å². The Balaban J connectivity index is 1.73. The number of aryl methyl sites for hydroxylation is 1. The number of esters is 2. The SMILES string of the molecule is C=CC(=O)OCc1ccc(C(=O)Oc2ccc(-c3ccc(C)cc3)c(C)c2C)cc1. The molecule has 0 unspecified atom stereocenters. The first-order chi connectivity index (χ1) is 14.4. The fourth-order valence-corrected chi connectivity index (χ4v) is 3.06.